The van der Waals surface area contributed by atoms with Crippen molar-refractivity contribution in [3.8, 4) is 0 Å². The van der Waals surface area contributed by atoms with Crippen LogP contribution in [-0.2, 0) is 6.54 Å². The predicted molar refractivity (Wildman–Crippen MR) is 124 cm³/mol. The van der Waals surface area contributed by atoms with Crippen molar-refractivity contribution < 1.29 is 15.1 Å². The first kappa shape index (κ1) is 22.6. The maximum Gasteiger partial charge on any atom is 0.404 e. The molecule has 1 aliphatic carbocycles. The van der Waals surface area contributed by atoms with Gasteiger partial charge >= 0.3 is 6.09 Å². The minimum absolute atomic E-state index is 0.145. The third-order valence-electron chi connectivity index (χ3n) is 7.57. The molecule has 1 saturated carbocycles. The number of oxime groups is 1. The smallest absolute Gasteiger partial charge is 0.404 e. The van der Waals surface area contributed by atoms with Gasteiger partial charge in [0.1, 0.15) is 5.65 Å². The van der Waals surface area contributed by atoms with E-state index in [1.807, 2.05) is 12.1 Å². The summed E-state index contributed by atoms with van der Waals surface area (Å²) >= 11 is 0. The average molecular weight is 442 g/mol. The molecular weight excluding hydrogens is 406 g/mol. The van der Waals surface area contributed by atoms with Gasteiger partial charge in [0.05, 0.1) is 12.8 Å². The zero-order valence-corrected chi connectivity index (χ0v) is 19.1. The molecule has 8 nitrogen and oxygen atoms in total. The lowest BCUT2D eigenvalue weighted by molar-refractivity contribution is 0.0888. The lowest BCUT2D eigenvalue weighted by Gasteiger charge is -2.42. The molecule has 0 bridgehead atoms. The van der Waals surface area contributed by atoms with Crippen molar-refractivity contribution >= 4 is 23.3 Å². The van der Waals surface area contributed by atoms with E-state index in [0.29, 0.717) is 6.04 Å². The van der Waals surface area contributed by atoms with Crippen molar-refractivity contribution in [1.29, 1.82) is 0 Å². The summed E-state index contributed by atoms with van der Waals surface area (Å²) in [4.78, 5) is 18.5. The number of nitrogens with one attached hydrogen (secondary N) is 1. The van der Waals surface area contributed by atoms with Crippen LogP contribution in [0.15, 0.2) is 23.5 Å². The van der Waals surface area contributed by atoms with Gasteiger partial charge < -0.3 is 25.1 Å². The SMILES string of the molecule is CC(C)C1CCC(N2CCC(n3c(CNC(=O)O)c(C=NO)c4cccnc43)CC2)CC1. The van der Waals surface area contributed by atoms with Gasteiger partial charge in [-0.15, -0.1) is 0 Å². The zero-order chi connectivity index (χ0) is 22.7. The highest BCUT2D eigenvalue weighted by atomic mass is 16.4. The Kier molecular flexibility index (Phi) is 6.98. The van der Waals surface area contributed by atoms with Gasteiger partial charge in [-0.05, 0) is 62.5 Å². The Morgan fingerprint density at radius 1 is 1.22 bits per heavy atom. The molecule has 2 fully saturated rings. The van der Waals surface area contributed by atoms with Crippen LogP contribution in [-0.4, -0.2) is 56.2 Å². The van der Waals surface area contributed by atoms with Crippen LogP contribution in [0.3, 0.4) is 0 Å². The Balaban J connectivity index is 1.54. The molecule has 174 valence electrons. The van der Waals surface area contributed by atoms with Gasteiger partial charge in [0.15, 0.2) is 0 Å². The van der Waals surface area contributed by atoms with E-state index >= 15 is 0 Å². The maximum atomic E-state index is 11.2. The fraction of sp³-hybridized carbons (Fsp3) is 0.625. The maximum absolute atomic E-state index is 11.2. The molecule has 0 aromatic carbocycles. The fourth-order valence-electron chi connectivity index (χ4n) is 5.79. The minimum atomic E-state index is -1.08. The molecule has 0 radical (unpaired) electrons. The lowest BCUT2D eigenvalue weighted by atomic mass is 9.79. The molecule has 0 atom stereocenters. The molecule has 8 heteroatoms. The van der Waals surface area contributed by atoms with Crippen LogP contribution in [0.5, 0.6) is 0 Å². The first-order valence-corrected chi connectivity index (χ1v) is 11.9. The van der Waals surface area contributed by atoms with Crippen molar-refractivity contribution in [1.82, 2.24) is 19.8 Å². The first-order chi connectivity index (χ1) is 15.5. The van der Waals surface area contributed by atoms with Crippen LogP contribution in [0.4, 0.5) is 4.79 Å². The molecule has 2 aromatic rings. The summed E-state index contributed by atoms with van der Waals surface area (Å²) in [5.74, 6) is 1.66. The first-order valence-electron chi connectivity index (χ1n) is 11.9. The number of fused-ring (bicyclic) bond motifs is 1. The fourth-order valence-corrected chi connectivity index (χ4v) is 5.79. The van der Waals surface area contributed by atoms with Crippen molar-refractivity contribution in [3.05, 3.63) is 29.6 Å². The van der Waals surface area contributed by atoms with Crippen LogP contribution < -0.4 is 5.32 Å². The number of hydrogen-bond acceptors (Lipinski definition) is 5. The Morgan fingerprint density at radius 3 is 2.56 bits per heavy atom. The second kappa shape index (κ2) is 9.90. The number of aromatic nitrogens is 2. The van der Waals surface area contributed by atoms with Gasteiger partial charge in [-0.25, -0.2) is 9.78 Å². The number of amides is 1. The van der Waals surface area contributed by atoms with E-state index in [2.05, 4.69) is 38.8 Å². The Morgan fingerprint density at radius 2 is 1.94 bits per heavy atom. The topological polar surface area (TPSA) is 103 Å². The summed E-state index contributed by atoms with van der Waals surface area (Å²) in [6, 6.07) is 4.73. The quantitative estimate of drug-likeness (QED) is 0.349. The molecule has 2 aliphatic rings. The number of likely N-dealkylation sites (tertiary alicyclic amines) is 1. The Labute approximate surface area is 189 Å². The van der Waals surface area contributed by atoms with Gasteiger partial charge in [0, 0.05) is 48.0 Å². The highest BCUT2D eigenvalue weighted by Crippen LogP contribution is 2.36. The highest BCUT2D eigenvalue weighted by molar-refractivity contribution is 5.99. The van der Waals surface area contributed by atoms with Crippen LogP contribution >= 0.6 is 0 Å². The lowest BCUT2D eigenvalue weighted by Crippen LogP contribution is -2.44. The summed E-state index contributed by atoms with van der Waals surface area (Å²) in [5.41, 5.74) is 2.34. The number of carboxylic acid groups (broad SMARTS) is 1. The largest absolute Gasteiger partial charge is 0.465 e. The number of carbonyl (C=O) groups is 1. The van der Waals surface area contributed by atoms with Crippen LogP contribution in [0.1, 0.15) is 69.7 Å². The van der Waals surface area contributed by atoms with E-state index in [9.17, 15) is 15.1 Å². The normalized spacial score (nSPS) is 23.3. The van der Waals surface area contributed by atoms with Gasteiger partial charge in [-0.1, -0.05) is 19.0 Å². The standard InChI is InChI=1S/C24H35N5O3/c1-16(2)17-5-7-18(8-6-17)28-12-9-19(10-13-28)29-22(15-26-24(30)31)21(14-27-32)20-4-3-11-25-23(20)29/h3-4,11,14,16-19,26,32H,5-10,12-13,15H2,1-2H3,(H,30,31). The van der Waals surface area contributed by atoms with Crippen molar-refractivity contribution in [2.75, 3.05) is 13.1 Å². The molecule has 0 spiro atoms. The summed E-state index contributed by atoms with van der Waals surface area (Å²) in [6.07, 6.45) is 9.34. The van der Waals surface area contributed by atoms with E-state index < -0.39 is 6.09 Å². The summed E-state index contributed by atoms with van der Waals surface area (Å²) in [7, 11) is 0. The third kappa shape index (κ3) is 4.60. The average Bonchev–Trinajstić information content (AvgIpc) is 3.11. The van der Waals surface area contributed by atoms with Gasteiger partial charge in [0.25, 0.3) is 0 Å². The number of piperidine rings is 1. The number of rotatable bonds is 6. The van der Waals surface area contributed by atoms with Crippen molar-refractivity contribution in [2.24, 2.45) is 17.0 Å². The van der Waals surface area contributed by atoms with Crippen molar-refractivity contribution in [2.45, 2.75) is 71.0 Å². The van der Waals surface area contributed by atoms with E-state index in [1.54, 1.807) is 6.20 Å². The van der Waals surface area contributed by atoms with E-state index in [4.69, 9.17) is 0 Å². The van der Waals surface area contributed by atoms with E-state index in [0.717, 1.165) is 60.1 Å². The highest BCUT2D eigenvalue weighted by Gasteiger charge is 2.32. The minimum Gasteiger partial charge on any atom is -0.465 e. The molecular formula is C24H35N5O3. The van der Waals surface area contributed by atoms with Crippen LogP contribution in [0.25, 0.3) is 11.0 Å². The number of nitrogens with zero attached hydrogens (tertiary/aromatic N) is 4. The molecule has 1 saturated heterocycles. The second-order valence-electron chi connectivity index (χ2n) is 9.59. The molecule has 1 aliphatic heterocycles. The van der Waals surface area contributed by atoms with Crippen LogP contribution in [0.2, 0.25) is 0 Å². The molecule has 2 aromatic heterocycles. The molecule has 3 heterocycles. The molecule has 4 rings (SSSR count). The molecule has 0 unspecified atom stereocenters. The Bertz CT molecular complexity index is 954. The van der Waals surface area contributed by atoms with Gasteiger partial charge in [-0.3, -0.25) is 0 Å². The zero-order valence-electron chi connectivity index (χ0n) is 19.1. The third-order valence-corrected chi connectivity index (χ3v) is 7.57. The Hall–Kier alpha value is -2.61. The monoisotopic (exact) mass is 441 g/mol. The van der Waals surface area contributed by atoms with Crippen molar-refractivity contribution in [3.63, 3.8) is 0 Å². The van der Waals surface area contributed by atoms with Gasteiger partial charge in [-0.2, -0.15) is 0 Å². The van der Waals surface area contributed by atoms with Gasteiger partial charge in [0.2, 0.25) is 0 Å². The number of hydrogen-bond donors (Lipinski definition) is 3. The second-order valence-corrected chi connectivity index (χ2v) is 9.59. The molecule has 3 N–H and O–H groups in total. The van der Waals surface area contributed by atoms with E-state index in [1.165, 1.54) is 31.9 Å². The van der Waals surface area contributed by atoms with E-state index in [-0.39, 0.29) is 12.6 Å². The molecule has 32 heavy (non-hydrogen) atoms. The summed E-state index contributed by atoms with van der Waals surface area (Å²) < 4.78 is 2.18. The summed E-state index contributed by atoms with van der Waals surface area (Å²) in [5, 5.41) is 25.0. The molecule has 1 amide bonds. The summed E-state index contributed by atoms with van der Waals surface area (Å²) in [6.45, 7) is 6.93. The predicted octanol–water partition coefficient (Wildman–Crippen LogP) is 4.46. The number of pyridine rings is 1. The van der Waals surface area contributed by atoms with Crippen LogP contribution in [0, 0.1) is 11.8 Å².